The SMILES string of the molecule is CON.CONC(=O)c1cncc(-c2cnc(Nc3cc(OC)cc(OC)c3)nc2-n2nc(C(F)(F)F)cc2C)c1.COc1cc(Nc2ncc(-c3cncc(C(=O)O)c3)c(-n3nc(C(F)(F)F)cc3C)n2)cc(OC)c1. The average molecular weight is 1080 g/mol. The van der Waals surface area contributed by atoms with Gasteiger partial charge in [-0.25, -0.2) is 35.5 Å². The van der Waals surface area contributed by atoms with E-state index in [2.05, 4.69) is 71.8 Å². The molecule has 0 spiro atoms. The number of pyridine rings is 2. The summed E-state index contributed by atoms with van der Waals surface area (Å²) in [5, 5.41) is 22.7. The van der Waals surface area contributed by atoms with Crippen LogP contribution in [0.5, 0.6) is 23.0 Å². The van der Waals surface area contributed by atoms with Gasteiger partial charge in [-0.2, -0.15) is 46.5 Å². The molecule has 23 nitrogen and oxygen atoms in total. The molecule has 0 aliphatic rings. The predicted octanol–water partition coefficient (Wildman–Crippen LogP) is 8.12. The number of anilines is 4. The number of ether oxygens (including phenoxy) is 4. The van der Waals surface area contributed by atoms with Gasteiger partial charge in [-0.05, 0) is 38.1 Å². The molecule has 404 valence electrons. The molecule has 0 fully saturated rings. The zero-order valence-corrected chi connectivity index (χ0v) is 41.8. The van der Waals surface area contributed by atoms with E-state index in [0.29, 0.717) is 39.9 Å². The van der Waals surface area contributed by atoms with E-state index < -0.39 is 35.6 Å². The Hall–Kier alpha value is -9.48. The zero-order chi connectivity index (χ0) is 56.2. The van der Waals surface area contributed by atoms with Crippen LogP contribution in [0.1, 0.15) is 43.5 Å². The molecule has 1 amide bonds. The lowest BCUT2D eigenvalue weighted by Gasteiger charge is -2.14. The minimum absolute atomic E-state index is 0.0142. The fourth-order valence-corrected chi connectivity index (χ4v) is 6.84. The van der Waals surface area contributed by atoms with Crippen LogP contribution in [0.2, 0.25) is 0 Å². The number of alkyl halides is 6. The van der Waals surface area contributed by atoms with E-state index in [1.165, 1.54) is 99.6 Å². The number of nitrogens with two attached hydrogens (primary N) is 1. The number of amides is 1. The molecular weight excluding hydrogens is 1030 g/mol. The Morgan fingerprint density at radius 2 is 0.935 bits per heavy atom. The van der Waals surface area contributed by atoms with Crippen LogP contribution in [0.3, 0.4) is 0 Å². The van der Waals surface area contributed by atoms with Gasteiger partial charge in [0.15, 0.2) is 23.0 Å². The number of aromatic carboxylic acids is 1. The van der Waals surface area contributed by atoms with Crippen molar-refractivity contribution in [3.63, 3.8) is 0 Å². The molecule has 6 N–H and O–H groups in total. The third kappa shape index (κ3) is 14.2. The van der Waals surface area contributed by atoms with Crippen LogP contribution in [-0.4, -0.2) is 109 Å². The van der Waals surface area contributed by atoms with Gasteiger partial charge < -0.3 is 39.5 Å². The predicted molar refractivity (Wildman–Crippen MR) is 263 cm³/mol. The van der Waals surface area contributed by atoms with Crippen LogP contribution in [-0.2, 0) is 22.0 Å². The van der Waals surface area contributed by atoms with Crippen LogP contribution in [0.4, 0.5) is 49.6 Å². The number of rotatable bonds is 15. The molecule has 0 unspecified atom stereocenters. The van der Waals surface area contributed by atoms with E-state index in [-0.39, 0.29) is 62.7 Å². The van der Waals surface area contributed by atoms with Gasteiger partial charge in [0.05, 0.1) is 53.8 Å². The Morgan fingerprint density at radius 3 is 1.27 bits per heavy atom. The standard InChI is InChI=1S/C24H22F3N7O4.C23H19F3N6O4.CH5NO/c1-13-5-20(24(25,26)27)32-34(13)21-19(14-6-15(11-28-10-14)22(35)33-38-4)12-29-23(31-21)30-16-7-17(36-2)9-18(8-16)37-3;1-12-4-19(23(24,25)26)31-32(12)20-18(13-5-14(21(33)34)10-27-9-13)11-28-22(30-20)29-15-6-16(35-2)8-17(7-15)36-3;1-3-2/h5-12H,1-4H3,(H,33,35)(H,29,30,31);4-11H,1-3H3,(H,33,34)(H,28,29,30);2H2,1H3. The van der Waals surface area contributed by atoms with Crippen molar-refractivity contribution in [1.82, 2.24) is 54.9 Å². The van der Waals surface area contributed by atoms with Crippen molar-refractivity contribution in [2.75, 3.05) is 53.3 Å². The highest BCUT2D eigenvalue weighted by atomic mass is 19.4. The lowest BCUT2D eigenvalue weighted by atomic mass is 10.1. The maximum atomic E-state index is 13.4. The fraction of sp³-hybridized carbons (Fsp3) is 0.208. The van der Waals surface area contributed by atoms with Crippen LogP contribution < -0.4 is 41.0 Å². The molecule has 77 heavy (non-hydrogen) atoms. The largest absolute Gasteiger partial charge is 0.497 e. The number of carboxylic acids is 1. The third-order valence-corrected chi connectivity index (χ3v) is 10.3. The van der Waals surface area contributed by atoms with Crippen LogP contribution in [0, 0.1) is 13.8 Å². The van der Waals surface area contributed by atoms with Gasteiger partial charge in [0.2, 0.25) is 11.9 Å². The molecule has 8 rings (SSSR count). The normalized spacial score (nSPS) is 11.1. The highest BCUT2D eigenvalue weighted by Crippen LogP contribution is 2.35. The lowest BCUT2D eigenvalue weighted by Crippen LogP contribution is -2.21. The Labute approximate surface area is 432 Å². The monoisotopic (exact) mass is 1080 g/mol. The Morgan fingerprint density at radius 1 is 0.558 bits per heavy atom. The van der Waals surface area contributed by atoms with Crippen LogP contribution in [0.25, 0.3) is 33.9 Å². The Kier molecular flexibility index (Phi) is 18.2. The molecule has 0 aliphatic carbocycles. The summed E-state index contributed by atoms with van der Waals surface area (Å²) in [7, 11) is 8.65. The summed E-state index contributed by atoms with van der Waals surface area (Å²) < 4.78 is 103. The number of hydrogen-bond donors (Lipinski definition) is 5. The number of carboxylic acid groups (broad SMARTS) is 1. The third-order valence-electron chi connectivity index (χ3n) is 10.3. The zero-order valence-electron chi connectivity index (χ0n) is 41.8. The molecule has 0 bridgehead atoms. The summed E-state index contributed by atoms with van der Waals surface area (Å²) in [5.41, 5.74) is 2.50. The number of carbonyl (C=O) groups excluding carboxylic acids is 1. The number of aryl methyl sites for hydroxylation is 2. The molecule has 8 aromatic rings. The van der Waals surface area contributed by atoms with E-state index in [4.69, 9.17) is 18.9 Å². The molecule has 29 heteroatoms. The molecular formula is C48H46F6N14O9. The van der Waals surface area contributed by atoms with Crippen molar-refractivity contribution in [2.45, 2.75) is 26.2 Å². The first-order chi connectivity index (χ1) is 36.6. The summed E-state index contributed by atoms with van der Waals surface area (Å²) in [6.45, 7) is 2.91. The van der Waals surface area contributed by atoms with Gasteiger partial charge in [-0.15, -0.1) is 0 Å². The number of aromatic nitrogens is 10. The maximum Gasteiger partial charge on any atom is 0.435 e. The van der Waals surface area contributed by atoms with Crippen molar-refractivity contribution in [2.24, 2.45) is 5.90 Å². The number of carbonyl (C=O) groups is 2. The summed E-state index contributed by atoms with van der Waals surface area (Å²) >= 11 is 0. The molecule has 6 heterocycles. The van der Waals surface area contributed by atoms with Gasteiger partial charge in [-0.1, -0.05) is 0 Å². The number of hydroxylamine groups is 1. The summed E-state index contributed by atoms with van der Waals surface area (Å²) in [6.07, 6.45) is -1.35. The Balaban J connectivity index is 0.000000238. The summed E-state index contributed by atoms with van der Waals surface area (Å²) in [6, 6.07) is 14.6. The molecule has 0 atom stereocenters. The quantitative estimate of drug-likeness (QED) is 0.0478. The van der Waals surface area contributed by atoms with Crippen LogP contribution in [0.15, 0.2) is 97.8 Å². The molecule has 0 aliphatic heterocycles. The van der Waals surface area contributed by atoms with E-state index in [0.717, 1.165) is 27.7 Å². The van der Waals surface area contributed by atoms with E-state index >= 15 is 0 Å². The van der Waals surface area contributed by atoms with Gasteiger partial charge >= 0.3 is 18.3 Å². The number of nitrogens with zero attached hydrogens (tertiary/aromatic N) is 10. The van der Waals surface area contributed by atoms with Crippen LogP contribution >= 0.6 is 0 Å². The number of benzene rings is 2. The number of halogens is 6. The van der Waals surface area contributed by atoms with Crippen molar-refractivity contribution in [3.05, 3.63) is 132 Å². The molecule has 0 saturated heterocycles. The van der Waals surface area contributed by atoms with Crippen molar-refractivity contribution >= 4 is 35.1 Å². The van der Waals surface area contributed by atoms with Crippen molar-refractivity contribution in [3.8, 4) is 56.9 Å². The summed E-state index contributed by atoms with van der Waals surface area (Å²) in [5.74, 6) is 4.65. The first-order valence-electron chi connectivity index (χ1n) is 21.9. The van der Waals surface area contributed by atoms with Crippen molar-refractivity contribution < 1.29 is 69.7 Å². The highest BCUT2D eigenvalue weighted by Gasteiger charge is 2.36. The van der Waals surface area contributed by atoms with Gasteiger partial charge in [-0.3, -0.25) is 19.6 Å². The number of methoxy groups -OCH3 is 4. The first-order valence-corrected chi connectivity index (χ1v) is 21.9. The second-order valence-electron chi connectivity index (χ2n) is 15.6. The smallest absolute Gasteiger partial charge is 0.435 e. The topological polar surface area (TPSA) is 285 Å². The molecule has 2 aromatic carbocycles. The minimum atomic E-state index is -4.67. The van der Waals surface area contributed by atoms with E-state index in [9.17, 15) is 41.0 Å². The molecule has 0 radical (unpaired) electrons. The van der Waals surface area contributed by atoms with Gasteiger partial charge in [0.1, 0.15) is 23.0 Å². The average Bonchev–Trinajstić information content (AvgIpc) is 4.02. The van der Waals surface area contributed by atoms with Crippen molar-refractivity contribution in [1.29, 1.82) is 0 Å². The van der Waals surface area contributed by atoms with E-state index in [1.807, 2.05) is 0 Å². The molecule has 0 saturated carbocycles. The lowest BCUT2D eigenvalue weighted by molar-refractivity contribution is -0.142. The van der Waals surface area contributed by atoms with Gasteiger partial charge in [0.25, 0.3) is 5.91 Å². The van der Waals surface area contributed by atoms with E-state index in [1.54, 1.807) is 36.4 Å². The number of hydrogen-bond acceptors (Lipinski definition) is 19. The Bertz CT molecular complexity index is 3330. The number of nitrogens with one attached hydrogen (secondary N) is 3. The minimum Gasteiger partial charge on any atom is -0.497 e. The first kappa shape index (κ1) is 56.8. The fourth-order valence-electron chi connectivity index (χ4n) is 6.84. The second-order valence-corrected chi connectivity index (χ2v) is 15.6. The summed E-state index contributed by atoms with van der Waals surface area (Å²) in [4.78, 5) is 57.5. The maximum absolute atomic E-state index is 13.4. The highest BCUT2D eigenvalue weighted by molar-refractivity contribution is 5.94. The van der Waals surface area contributed by atoms with Gasteiger partial charge in [0, 0.05) is 119 Å². The second kappa shape index (κ2) is 24.7. The molecule has 6 aromatic heterocycles.